The van der Waals surface area contributed by atoms with Crippen LogP contribution in [0.4, 0.5) is 0 Å². The molecule has 0 atom stereocenters. The summed E-state index contributed by atoms with van der Waals surface area (Å²) >= 11 is 3.16. The van der Waals surface area contributed by atoms with Crippen molar-refractivity contribution in [1.82, 2.24) is 9.55 Å². The fourth-order valence-electron chi connectivity index (χ4n) is 2.23. The summed E-state index contributed by atoms with van der Waals surface area (Å²) in [7, 11) is 0. The number of aliphatic carboxylic acids is 1. The number of carboxylic acid groups (broad SMARTS) is 1. The van der Waals surface area contributed by atoms with Crippen molar-refractivity contribution in [3.8, 4) is 0 Å². The molecule has 1 N–H and O–H groups in total. The van der Waals surface area contributed by atoms with Gasteiger partial charge in [-0.25, -0.2) is 4.98 Å². The zero-order valence-electron chi connectivity index (χ0n) is 12.3. The van der Waals surface area contributed by atoms with E-state index < -0.39 is 5.97 Å². The zero-order valence-corrected chi connectivity index (χ0v) is 14.0. The van der Waals surface area contributed by atoms with E-state index in [1.54, 1.807) is 0 Å². The average Bonchev–Trinajstić information content (AvgIpc) is 2.81. The Bertz CT molecular complexity index is 625. The number of hydrogen-bond donors (Lipinski definition) is 1. The Balaban J connectivity index is 2.26. The second kappa shape index (κ2) is 7.75. The molecule has 0 bridgehead atoms. The van der Waals surface area contributed by atoms with Crippen molar-refractivity contribution in [2.75, 3.05) is 17.8 Å². The molecule has 21 heavy (non-hydrogen) atoms. The third-order valence-electron chi connectivity index (χ3n) is 3.25. The zero-order chi connectivity index (χ0) is 15.2. The number of aryl methyl sites for hydroxylation is 2. The molecular formula is C15H20N2O2S2. The molecule has 0 fully saturated rings. The number of hydrogen-bond acceptors (Lipinski definition) is 4. The minimum atomic E-state index is -0.808. The molecular weight excluding hydrogens is 304 g/mol. The van der Waals surface area contributed by atoms with E-state index >= 15 is 0 Å². The molecule has 2 aromatic rings. The minimum Gasteiger partial charge on any atom is -0.481 e. The number of para-hydroxylation sites is 1. The standard InChI is InChI=1S/C15H20N2O2S2/c1-11-6-5-7-12-14(11)16-15(21-10-13(18)19)17(12)8-3-4-9-20-2/h5-7H,3-4,8-10H2,1-2H3,(H,18,19). The van der Waals surface area contributed by atoms with Gasteiger partial charge in [0.2, 0.25) is 0 Å². The molecule has 0 saturated heterocycles. The van der Waals surface area contributed by atoms with E-state index in [0.717, 1.165) is 46.9 Å². The van der Waals surface area contributed by atoms with Gasteiger partial charge in [-0.3, -0.25) is 4.79 Å². The van der Waals surface area contributed by atoms with Gasteiger partial charge in [0.25, 0.3) is 0 Å². The number of nitrogens with zero attached hydrogens (tertiary/aromatic N) is 2. The van der Waals surface area contributed by atoms with Crippen molar-refractivity contribution in [2.45, 2.75) is 31.5 Å². The molecule has 0 aliphatic carbocycles. The smallest absolute Gasteiger partial charge is 0.313 e. The van der Waals surface area contributed by atoms with Gasteiger partial charge < -0.3 is 9.67 Å². The summed E-state index contributed by atoms with van der Waals surface area (Å²) in [5.74, 6) is 0.397. The second-order valence-electron chi connectivity index (χ2n) is 4.87. The molecule has 4 nitrogen and oxygen atoms in total. The molecule has 0 aliphatic heterocycles. The lowest BCUT2D eigenvalue weighted by molar-refractivity contribution is -0.133. The van der Waals surface area contributed by atoms with E-state index in [9.17, 15) is 4.79 Å². The molecule has 0 saturated carbocycles. The molecule has 2 rings (SSSR count). The van der Waals surface area contributed by atoms with Crippen LogP contribution in [-0.4, -0.2) is 38.4 Å². The van der Waals surface area contributed by atoms with Crippen LogP contribution < -0.4 is 0 Å². The fourth-order valence-corrected chi connectivity index (χ4v) is 3.48. The number of benzene rings is 1. The monoisotopic (exact) mass is 324 g/mol. The van der Waals surface area contributed by atoms with Crippen molar-refractivity contribution in [3.05, 3.63) is 23.8 Å². The maximum atomic E-state index is 10.8. The Morgan fingerprint density at radius 2 is 2.19 bits per heavy atom. The number of aromatic nitrogens is 2. The number of imidazole rings is 1. The Hall–Kier alpha value is -1.14. The predicted octanol–water partition coefficient (Wildman–Crippen LogP) is 3.66. The highest BCUT2D eigenvalue weighted by molar-refractivity contribution is 7.99. The van der Waals surface area contributed by atoms with E-state index in [1.807, 2.05) is 30.8 Å². The molecule has 0 amide bonds. The molecule has 1 aromatic heterocycles. The van der Waals surface area contributed by atoms with Crippen molar-refractivity contribution in [2.24, 2.45) is 0 Å². The lowest BCUT2D eigenvalue weighted by Crippen LogP contribution is -2.04. The third kappa shape index (κ3) is 4.17. The highest BCUT2D eigenvalue weighted by atomic mass is 32.2. The van der Waals surface area contributed by atoms with Crippen LogP contribution in [0.1, 0.15) is 18.4 Å². The highest BCUT2D eigenvalue weighted by Crippen LogP contribution is 2.26. The van der Waals surface area contributed by atoms with Crippen molar-refractivity contribution >= 4 is 40.5 Å². The molecule has 0 unspecified atom stereocenters. The van der Waals surface area contributed by atoms with E-state index in [2.05, 4.69) is 21.9 Å². The predicted molar refractivity (Wildman–Crippen MR) is 90.4 cm³/mol. The number of rotatable bonds is 8. The largest absolute Gasteiger partial charge is 0.481 e. The summed E-state index contributed by atoms with van der Waals surface area (Å²) in [4.78, 5) is 15.4. The van der Waals surface area contributed by atoms with Crippen LogP contribution in [0.5, 0.6) is 0 Å². The average molecular weight is 324 g/mol. The molecule has 0 spiro atoms. The van der Waals surface area contributed by atoms with Crippen LogP contribution in [0.3, 0.4) is 0 Å². The summed E-state index contributed by atoms with van der Waals surface area (Å²) in [6.45, 7) is 2.93. The third-order valence-corrected chi connectivity index (χ3v) is 4.91. The summed E-state index contributed by atoms with van der Waals surface area (Å²) in [6.07, 6.45) is 4.36. The van der Waals surface area contributed by atoms with Gasteiger partial charge in [-0.15, -0.1) is 0 Å². The first-order valence-electron chi connectivity index (χ1n) is 6.93. The molecule has 1 heterocycles. The number of carboxylic acids is 1. The highest BCUT2D eigenvalue weighted by Gasteiger charge is 2.13. The molecule has 0 radical (unpaired) electrons. The van der Waals surface area contributed by atoms with E-state index in [0.29, 0.717) is 0 Å². The fraction of sp³-hybridized carbons (Fsp3) is 0.467. The van der Waals surface area contributed by atoms with Crippen LogP contribution >= 0.6 is 23.5 Å². The summed E-state index contributed by atoms with van der Waals surface area (Å²) < 4.78 is 2.16. The maximum Gasteiger partial charge on any atom is 0.313 e. The lowest BCUT2D eigenvalue weighted by Gasteiger charge is -2.08. The van der Waals surface area contributed by atoms with Crippen molar-refractivity contribution < 1.29 is 9.90 Å². The van der Waals surface area contributed by atoms with E-state index in [1.165, 1.54) is 11.8 Å². The van der Waals surface area contributed by atoms with E-state index in [-0.39, 0.29) is 5.75 Å². The number of carbonyl (C=O) groups is 1. The second-order valence-corrected chi connectivity index (χ2v) is 6.80. The van der Waals surface area contributed by atoms with Crippen LogP contribution in [0, 0.1) is 6.92 Å². The maximum absolute atomic E-state index is 10.8. The quantitative estimate of drug-likeness (QED) is 0.593. The van der Waals surface area contributed by atoms with Crippen LogP contribution in [0.25, 0.3) is 11.0 Å². The Labute approximate surface area is 133 Å². The van der Waals surface area contributed by atoms with Crippen molar-refractivity contribution in [3.63, 3.8) is 0 Å². The number of thioether (sulfide) groups is 2. The number of unbranched alkanes of at least 4 members (excludes halogenated alkanes) is 1. The number of fused-ring (bicyclic) bond motifs is 1. The lowest BCUT2D eigenvalue weighted by atomic mass is 10.2. The van der Waals surface area contributed by atoms with Gasteiger partial charge in [0.05, 0.1) is 16.8 Å². The Morgan fingerprint density at radius 3 is 2.90 bits per heavy atom. The summed E-state index contributed by atoms with van der Waals surface area (Å²) in [5.41, 5.74) is 3.22. The Morgan fingerprint density at radius 1 is 1.38 bits per heavy atom. The van der Waals surface area contributed by atoms with Gasteiger partial charge in [0.1, 0.15) is 0 Å². The van der Waals surface area contributed by atoms with Crippen molar-refractivity contribution in [1.29, 1.82) is 0 Å². The van der Waals surface area contributed by atoms with Gasteiger partial charge in [-0.2, -0.15) is 11.8 Å². The van der Waals surface area contributed by atoms with Crippen LogP contribution in [0.2, 0.25) is 0 Å². The molecule has 114 valence electrons. The summed E-state index contributed by atoms with van der Waals surface area (Å²) in [6, 6.07) is 6.14. The normalized spacial score (nSPS) is 11.1. The first-order chi connectivity index (χ1) is 10.1. The van der Waals surface area contributed by atoms with Gasteiger partial charge in [0.15, 0.2) is 5.16 Å². The topological polar surface area (TPSA) is 55.1 Å². The Kier molecular flexibility index (Phi) is 5.99. The summed E-state index contributed by atoms with van der Waals surface area (Å²) in [5, 5.41) is 9.69. The van der Waals surface area contributed by atoms with E-state index in [4.69, 9.17) is 5.11 Å². The van der Waals surface area contributed by atoms with Crippen LogP contribution in [0.15, 0.2) is 23.4 Å². The first-order valence-corrected chi connectivity index (χ1v) is 9.31. The SMILES string of the molecule is CSCCCCn1c(SCC(=O)O)nc2c(C)cccc21. The van der Waals surface area contributed by atoms with Gasteiger partial charge >= 0.3 is 5.97 Å². The molecule has 6 heteroatoms. The first kappa shape index (κ1) is 16.2. The van der Waals surface area contributed by atoms with Gasteiger partial charge in [-0.05, 0) is 43.4 Å². The minimum absolute atomic E-state index is 0.0488. The molecule has 0 aliphatic rings. The molecule has 1 aromatic carbocycles. The van der Waals surface area contributed by atoms with Crippen LogP contribution in [-0.2, 0) is 11.3 Å². The van der Waals surface area contributed by atoms with Gasteiger partial charge in [0, 0.05) is 6.54 Å². The van der Waals surface area contributed by atoms with Gasteiger partial charge in [-0.1, -0.05) is 23.9 Å².